The summed E-state index contributed by atoms with van der Waals surface area (Å²) in [7, 11) is 0. The molecule has 4 rings (SSSR count). The van der Waals surface area contributed by atoms with Crippen LogP contribution in [0.2, 0.25) is 0 Å². The molecule has 4 heterocycles. The lowest BCUT2D eigenvalue weighted by atomic mass is 9.88. The molecule has 3 aliphatic heterocycles. The van der Waals surface area contributed by atoms with E-state index in [1.165, 1.54) is 6.07 Å². The van der Waals surface area contributed by atoms with Crippen molar-refractivity contribution in [1.82, 2.24) is 9.88 Å². The topological polar surface area (TPSA) is 88.8 Å². The quantitative estimate of drug-likeness (QED) is 0.561. The van der Waals surface area contributed by atoms with Gasteiger partial charge in [0.05, 0.1) is 17.0 Å². The van der Waals surface area contributed by atoms with Crippen molar-refractivity contribution >= 4 is 33.5 Å². The highest BCUT2D eigenvalue weighted by Gasteiger charge is 2.49. The summed E-state index contributed by atoms with van der Waals surface area (Å²) in [5, 5.41) is 11.3. The van der Waals surface area contributed by atoms with Crippen molar-refractivity contribution in [3.05, 3.63) is 26.9 Å². The van der Waals surface area contributed by atoms with Crippen LogP contribution >= 0.6 is 15.9 Å². The summed E-state index contributed by atoms with van der Waals surface area (Å²) in [6.07, 6.45) is 2.12. The maximum atomic E-state index is 12.3. The van der Waals surface area contributed by atoms with E-state index in [0.717, 1.165) is 6.42 Å². The number of anilines is 1. The normalized spacial score (nSPS) is 22.8. The number of ether oxygens (including phenoxy) is 1. The van der Waals surface area contributed by atoms with Gasteiger partial charge in [-0.1, -0.05) is 0 Å². The molecule has 0 N–H and O–H groups in total. The molecular formula is C15H19BrN4O4. The largest absolute Gasteiger partial charge is 0.444 e. The van der Waals surface area contributed by atoms with E-state index >= 15 is 0 Å². The molecule has 1 aromatic rings. The summed E-state index contributed by atoms with van der Waals surface area (Å²) in [5.74, 6) is 0.349. The van der Waals surface area contributed by atoms with Gasteiger partial charge < -0.3 is 9.64 Å². The van der Waals surface area contributed by atoms with Gasteiger partial charge in [0.2, 0.25) is 5.82 Å². The third-order valence-electron chi connectivity index (χ3n) is 4.11. The summed E-state index contributed by atoms with van der Waals surface area (Å²) in [5.41, 5.74) is -0.568. The number of amides is 1. The van der Waals surface area contributed by atoms with Gasteiger partial charge in [-0.25, -0.2) is 9.78 Å². The van der Waals surface area contributed by atoms with Gasteiger partial charge in [0.15, 0.2) is 0 Å². The third kappa shape index (κ3) is 3.17. The summed E-state index contributed by atoms with van der Waals surface area (Å²) >= 11 is 3.21. The van der Waals surface area contributed by atoms with E-state index < -0.39 is 10.5 Å². The molecule has 24 heavy (non-hydrogen) atoms. The van der Waals surface area contributed by atoms with Crippen LogP contribution in [0.15, 0.2) is 16.7 Å². The molecule has 8 nitrogen and oxygen atoms in total. The zero-order chi connectivity index (χ0) is 17.6. The zero-order valence-electron chi connectivity index (χ0n) is 13.7. The lowest BCUT2D eigenvalue weighted by Gasteiger charge is -2.55. The summed E-state index contributed by atoms with van der Waals surface area (Å²) in [4.78, 5) is 30.9. The first-order chi connectivity index (χ1) is 11.2. The van der Waals surface area contributed by atoms with Crippen LogP contribution in [0, 0.1) is 10.1 Å². The van der Waals surface area contributed by atoms with E-state index in [9.17, 15) is 14.9 Å². The van der Waals surface area contributed by atoms with Crippen molar-refractivity contribution < 1.29 is 14.5 Å². The molecule has 1 aromatic heterocycles. The highest BCUT2D eigenvalue weighted by atomic mass is 79.9. The molecular weight excluding hydrogens is 380 g/mol. The molecule has 2 atom stereocenters. The van der Waals surface area contributed by atoms with Gasteiger partial charge in [0, 0.05) is 29.8 Å². The lowest BCUT2D eigenvalue weighted by molar-refractivity contribution is -0.384. The first-order valence-electron chi connectivity index (χ1n) is 7.72. The summed E-state index contributed by atoms with van der Waals surface area (Å²) in [6, 6.07) is 1.46. The number of hydrogen-bond donors (Lipinski definition) is 0. The van der Waals surface area contributed by atoms with Crippen LogP contribution in [0.25, 0.3) is 0 Å². The number of pyridine rings is 1. The van der Waals surface area contributed by atoms with Crippen molar-refractivity contribution in [2.75, 3.05) is 18.0 Å². The van der Waals surface area contributed by atoms with Crippen LogP contribution < -0.4 is 4.90 Å². The van der Waals surface area contributed by atoms with Crippen molar-refractivity contribution in [3.63, 3.8) is 0 Å². The van der Waals surface area contributed by atoms with Crippen LogP contribution in [0.5, 0.6) is 0 Å². The SMILES string of the molecule is CC(C)(C)OC(=O)N1C2CC1CN(c1ncc(Br)cc1[N+](=O)[O-])C2. The second kappa shape index (κ2) is 5.87. The van der Waals surface area contributed by atoms with Gasteiger partial charge in [-0.15, -0.1) is 0 Å². The fraction of sp³-hybridized carbons (Fsp3) is 0.600. The molecule has 3 fully saturated rings. The van der Waals surface area contributed by atoms with E-state index in [0.29, 0.717) is 23.4 Å². The summed E-state index contributed by atoms with van der Waals surface area (Å²) < 4.78 is 6.00. The first-order valence-corrected chi connectivity index (χ1v) is 8.51. The molecule has 9 heteroatoms. The second-order valence-corrected chi connectivity index (χ2v) is 8.00. The molecule has 3 saturated heterocycles. The number of nitro groups is 1. The number of carbonyl (C=O) groups is 1. The zero-order valence-corrected chi connectivity index (χ0v) is 15.3. The van der Waals surface area contributed by atoms with Crippen LogP contribution in [-0.4, -0.2) is 51.7 Å². The van der Waals surface area contributed by atoms with Crippen molar-refractivity contribution in [2.45, 2.75) is 44.9 Å². The number of hydrogen-bond acceptors (Lipinski definition) is 6. The maximum Gasteiger partial charge on any atom is 0.410 e. The maximum absolute atomic E-state index is 12.3. The molecule has 0 radical (unpaired) electrons. The van der Waals surface area contributed by atoms with E-state index in [1.807, 2.05) is 25.7 Å². The summed E-state index contributed by atoms with van der Waals surface area (Å²) in [6.45, 7) is 6.54. The average Bonchev–Trinajstić information content (AvgIpc) is 2.44. The molecule has 2 bridgehead atoms. The van der Waals surface area contributed by atoms with Crippen LogP contribution in [-0.2, 0) is 4.74 Å². The second-order valence-electron chi connectivity index (χ2n) is 7.09. The van der Waals surface area contributed by atoms with E-state index in [4.69, 9.17) is 4.74 Å². The Morgan fingerprint density at radius 3 is 2.58 bits per heavy atom. The smallest absolute Gasteiger partial charge is 0.410 e. The predicted molar refractivity (Wildman–Crippen MR) is 91.1 cm³/mol. The molecule has 0 saturated carbocycles. The fourth-order valence-corrected chi connectivity index (χ4v) is 3.51. The van der Waals surface area contributed by atoms with Crippen molar-refractivity contribution in [2.24, 2.45) is 0 Å². The van der Waals surface area contributed by atoms with Gasteiger partial charge in [0.1, 0.15) is 5.60 Å². The van der Waals surface area contributed by atoms with Crippen molar-refractivity contribution in [3.8, 4) is 0 Å². The Kier molecular flexibility index (Phi) is 4.15. The highest BCUT2D eigenvalue weighted by molar-refractivity contribution is 9.10. The van der Waals surface area contributed by atoms with E-state index in [-0.39, 0.29) is 23.9 Å². The minimum Gasteiger partial charge on any atom is -0.444 e. The molecule has 2 unspecified atom stereocenters. The number of nitrogens with zero attached hydrogens (tertiary/aromatic N) is 4. The number of piperidine rings is 1. The fourth-order valence-electron chi connectivity index (χ4n) is 3.19. The van der Waals surface area contributed by atoms with Crippen LogP contribution in [0.4, 0.5) is 16.3 Å². The predicted octanol–water partition coefficient (Wildman–Crippen LogP) is 2.95. The molecule has 0 aliphatic carbocycles. The Morgan fingerprint density at radius 2 is 2.04 bits per heavy atom. The Bertz CT molecular complexity index is 679. The molecule has 0 spiro atoms. The lowest BCUT2D eigenvalue weighted by Crippen LogP contribution is -2.70. The van der Waals surface area contributed by atoms with Crippen LogP contribution in [0.3, 0.4) is 0 Å². The first kappa shape index (κ1) is 16.9. The van der Waals surface area contributed by atoms with Crippen molar-refractivity contribution in [1.29, 1.82) is 0 Å². The van der Waals surface area contributed by atoms with Gasteiger partial charge in [0.25, 0.3) is 0 Å². The number of fused-ring (bicyclic) bond motifs is 2. The van der Waals surface area contributed by atoms with Gasteiger partial charge in [-0.05, 0) is 43.1 Å². The van der Waals surface area contributed by atoms with E-state index in [2.05, 4.69) is 20.9 Å². The average molecular weight is 399 g/mol. The van der Waals surface area contributed by atoms with Gasteiger partial charge in [-0.3, -0.25) is 15.0 Å². The minimum absolute atomic E-state index is 0.00338. The molecule has 3 aliphatic rings. The monoisotopic (exact) mass is 398 g/mol. The number of aromatic nitrogens is 1. The number of carbonyl (C=O) groups excluding carboxylic acids is 1. The minimum atomic E-state index is -0.535. The number of rotatable bonds is 2. The molecule has 130 valence electrons. The standard InChI is InChI=1S/C15H19BrN4O4/c1-15(2,3)24-14(21)19-10-5-11(19)8-18(7-10)13-12(20(22)23)4-9(16)6-17-13/h4,6,10-11H,5,7-8H2,1-3H3. The Morgan fingerprint density at radius 1 is 1.42 bits per heavy atom. The van der Waals surface area contributed by atoms with E-state index in [1.54, 1.807) is 11.1 Å². The Balaban J connectivity index is 1.75. The van der Waals surface area contributed by atoms with Gasteiger partial charge in [-0.2, -0.15) is 0 Å². The molecule has 0 aromatic carbocycles. The molecule has 1 amide bonds. The highest BCUT2D eigenvalue weighted by Crippen LogP contribution is 2.38. The van der Waals surface area contributed by atoms with Crippen LogP contribution in [0.1, 0.15) is 27.2 Å². The van der Waals surface area contributed by atoms with Gasteiger partial charge >= 0.3 is 11.8 Å². The Labute approximate surface area is 148 Å². The number of piperazine rings is 1. The third-order valence-corrected chi connectivity index (χ3v) is 4.54. The number of halogens is 1. The Hall–Kier alpha value is -1.90.